The van der Waals surface area contributed by atoms with Gasteiger partial charge in [0.1, 0.15) is 220 Å². The van der Waals surface area contributed by atoms with Gasteiger partial charge in [0.15, 0.2) is 37.7 Å². The number of hydrogen-bond donors (Lipinski definition) is 43. The molecule has 0 aromatic heterocycles. The van der Waals surface area contributed by atoms with Gasteiger partial charge in [0, 0.05) is 14.2 Å². The second-order valence-corrected chi connectivity index (χ2v) is 36.0. The molecule has 0 aromatic rings. The van der Waals surface area contributed by atoms with Crippen LogP contribution < -0.4 is 29.6 Å². The molecule has 6 aliphatic heterocycles. The first kappa shape index (κ1) is 137. The van der Waals surface area contributed by atoms with Gasteiger partial charge in [0.25, 0.3) is 0 Å². The fraction of sp³-hybridized carbons (Fsp3) is 1.00. The van der Waals surface area contributed by atoms with Crippen molar-refractivity contribution in [3.05, 3.63) is 0 Å². The maximum Gasteiger partial charge on any atom is 1.00 e. The zero-order chi connectivity index (χ0) is 104. The Bertz CT molecular complexity index is 3440. The molecule has 816 valence electrons. The van der Waals surface area contributed by atoms with E-state index in [-0.39, 0.29) is 41.6 Å². The molecule has 6 rings (SSSR count). The Balaban J connectivity index is 0.00000177. The standard InChI is InChI=1S/C22H44O23P2.3C10H21O12P.C10H20O9.Na.H2O/c1-37-5-9(25)15(29)10(26)6-39-22-18(32)20(14(4-24)43-22)45-47(35,36)41-8-12(28)16(30)11(27)7-40-21-17(31)19(13(3-23)42-21)44-46(33,34)38-2;11-1-6-8(15)9(16)10(22-6)20-2-4(12)7(14)5(13)3-21-23(17,18)19;11-1-4(13)7(15)5(14)3-20-10-8(16)9(6(2-12)21-10)22-23(17,18)19;11-1-4(13)7(15)5(14)3-20-10-9(22-23(17,18)19)8(16)6(2-12)21-10;11-1-4(13)7(15)5(14)3-18-10-9(17)8(16)6(2-12)19-10;;/h9-32H,3-8H2,1-2H3,(H,33,34)(H,35,36);3*4-16H,1-3H2,(H2,17,18,19);4-17H,1-3H2;;1H2/q;;;;;+1;/p-1/t9?,10?,11?,12?,13-,14-,15?,16?,17?,18?,19+,20+,21-,22-;4?,5?,6-,7?,8+,9?,10-;4?,5?,6-,7?,8?,9+,10-;2*4?,5?,6-,7?,8+,9?,10-;;/m11111../s1. The van der Waals surface area contributed by atoms with Crippen LogP contribution >= 0.6 is 39.1 Å². The summed E-state index contributed by atoms with van der Waals surface area (Å²) in [5.41, 5.74) is 0. The van der Waals surface area contributed by atoms with E-state index in [1.54, 1.807) is 0 Å². The van der Waals surface area contributed by atoms with E-state index in [1.165, 1.54) is 7.11 Å². The third kappa shape index (κ3) is 45.9. The molecule has 0 amide bonds. The Morgan fingerprint density at radius 1 is 0.248 bits per heavy atom. The third-order valence-corrected chi connectivity index (χ3v) is 22.7. The summed E-state index contributed by atoms with van der Waals surface area (Å²) in [6.07, 6.45) is -66.7. The Morgan fingerprint density at radius 2 is 0.467 bits per heavy atom. The largest absolute Gasteiger partial charge is 1.00 e. The van der Waals surface area contributed by atoms with Crippen molar-refractivity contribution in [3.8, 4) is 0 Å². The van der Waals surface area contributed by atoms with Gasteiger partial charge in [-0.3, -0.25) is 31.7 Å². The second kappa shape index (κ2) is 65.5. The van der Waals surface area contributed by atoms with E-state index in [1.807, 2.05) is 0 Å². The minimum absolute atomic E-state index is 0. The molecule has 6 fully saturated rings. The molecule has 75 heteroatoms. The van der Waals surface area contributed by atoms with Crippen molar-refractivity contribution in [2.45, 2.75) is 257 Å². The summed E-state index contributed by atoms with van der Waals surface area (Å²) in [4.78, 5) is 71.6. The zero-order valence-electron chi connectivity index (χ0n) is 72.1. The summed E-state index contributed by atoms with van der Waals surface area (Å²) in [7, 11) is -22.5. The average molecular weight is 2160 g/mol. The fourth-order valence-corrected chi connectivity index (χ4v) is 14.7. The number of aliphatic hydroxyl groups excluding tert-OH is 35. The van der Waals surface area contributed by atoms with Crippen LogP contribution in [0.5, 0.6) is 0 Å². The van der Waals surface area contributed by atoms with Crippen molar-refractivity contribution in [1.82, 2.24) is 0 Å². The molecule has 0 bridgehead atoms. The molecular weight excluding hydrogens is 2030 g/mol. The van der Waals surface area contributed by atoms with Crippen LogP contribution in [0.15, 0.2) is 0 Å². The Morgan fingerprint density at radius 3 is 0.723 bits per heavy atom. The van der Waals surface area contributed by atoms with Crippen LogP contribution in [0.2, 0.25) is 0 Å². The second-order valence-electron chi connectivity index (χ2n) is 29.5. The van der Waals surface area contributed by atoms with Crippen LogP contribution in [-0.4, -0.2) is 614 Å². The third-order valence-electron chi connectivity index (χ3n) is 19.2. The Kier molecular flexibility index (Phi) is 65.3. The van der Waals surface area contributed by atoms with E-state index in [4.69, 9.17) is 146 Å². The van der Waals surface area contributed by atoms with Crippen molar-refractivity contribution in [2.75, 3.05) is 133 Å². The van der Waals surface area contributed by atoms with E-state index < -0.39 is 409 Å². The molecule has 6 saturated heterocycles. The minimum Gasteiger partial charge on any atom is -0.870 e. The van der Waals surface area contributed by atoms with E-state index in [0.29, 0.717) is 0 Å². The number of phosphoric acid groups is 5. The van der Waals surface area contributed by atoms with Crippen molar-refractivity contribution >= 4 is 39.1 Å². The van der Waals surface area contributed by atoms with E-state index in [0.717, 1.165) is 7.11 Å². The summed E-state index contributed by atoms with van der Waals surface area (Å²) in [6, 6.07) is 0. The SMILES string of the molecule is COCC(O)C(O)C(O)CO[C@@H]1O[C@H](CO)[C@H](OP(=O)(O)OCC(O)C(O)C(O)CO[C@@H]2O[C@H](CO)[C@H](OP(=O)(O)OC)C2O)C1O.O=P(O)(O)OC1[C@H](OCC(O)C(O)C(O)CO)O[C@H](CO)[C@@H]1O.O=P(O)(O)OCC(O)C(O)C(O)CO[C@@H]1O[C@H](CO)[C@H](O)C1O.O=P(O)(O)O[C@@H]1C(O)[C@H](OCC(O)C(O)C(O)CO)O[C@@H]1CO.OCC(O)C(O)C(O)CO[C@@H]1O[C@H](CO)[C@H](O)C1O.[Na+].[OH-]. The van der Waals surface area contributed by atoms with Crippen LogP contribution in [0.25, 0.3) is 0 Å². The summed E-state index contributed by atoms with van der Waals surface area (Å²) in [6.45, 7) is -12.9. The van der Waals surface area contributed by atoms with Crippen LogP contribution in [-0.2, 0) is 116 Å². The monoisotopic (exact) mass is 2150 g/mol. The molecule has 0 spiro atoms. The molecular formula is C62H128NaO69P5. The molecule has 0 radical (unpaired) electrons. The van der Waals surface area contributed by atoms with Crippen LogP contribution in [0.1, 0.15) is 0 Å². The van der Waals surface area contributed by atoms with Gasteiger partial charge >= 0.3 is 68.7 Å². The van der Waals surface area contributed by atoms with Gasteiger partial charge in [-0.2, -0.15) is 0 Å². The first-order valence-electron chi connectivity index (χ1n) is 39.3. The average Bonchev–Trinajstić information content (AvgIpc) is 1.67. The van der Waals surface area contributed by atoms with Crippen LogP contribution in [0.4, 0.5) is 0 Å². The van der Waals surface area contributed by atoms with Gasteiger partial charge in [0.2, 0.25) is 0 Å². The molecule has 0 aliphatic carbocycles. The van der Waals surface area contributed by atoms with E-state index in [2.05, 4.69) is 27.4 Å². The summed E-state index contributed by atoms with van der Waals surface area (Å²) in [5.74, 6) is 0. The minimum atomic E-state index is -5.20. The van der Waals surface area contributed by atoms with Crippen LogP contribution in [0.3, 0.4) is 0 Å². The number of rotatable bonds is 56. The van der Waals surface area contributed by atoms with Crippen molar-refractivity contribution in [1.29, 1.82) is 0 Å². The number of ether oxygens (including phenoxy) is 13. The number of methoxy groups -OCH3 is 1. The van der Waals surface area contributed by atoms with Gasteiger partial charge in [-0.05, 0) is 0 Å². The topological polar surface area (TPSA) is 1170 Å². The summed E-state index contributed by atoms with van der Waals surface area (Å²) >= 11 is 0. The predicted molar refractivity (Wildman–Crippen MR) is 416 cm³/mol. The number of phosphoric ester groups is 5. The quantitative estimate of drug-likeness (QED) is 0.0199. The first-order chi connectivity index (χ1) is 62.6. The normalized spacial score (nSPS) is 33.4. The Hall–Kier alpha value is -0.410. The smallest absolute Gasteiger partial charge is 0.870 e. The molecule has 6 aliphatic rings. The predicted octanol–water partition coefficient (Wildman–Crippen LogP) is -27.1. The maximum absolute atomic E-state index is 12.5. The van der Waals surface area contributed by atoms with Crippen molar-refractivity contribution < 1.29 is 369 Å². The zero-order valence-corrected chi connectivity index (χ0v) is 78.6. The molecule has 0 saturated carbocycles. The number of hydrogen-bond acceptors (Lipinski definition) is 61. The molecule has 26 unspecified atom stereocenters. The van der Waals surface area contributed by atoms with Gasteiger partial charge < -0.3 is 285 Å². The molecule has 69 nitrogen and oxygen atoms in total. The molecule has 137 heavy (non-hydrogen) atoms. The number of aliphatic hydroxyl groups is 35. The molecule has 6 heterocycles. The fourth-order valence-electron chi connectivity index (χ4n) is 11.6. The van der Waals surface area contributed by atoms with E-state index >= 15 is 0 Å². The van der Waals surface area contributed by atoms with Gasteiger partial charge in [-0.1, -0.05) is 0 Å². The molecule has 44 atom stereocenters. The molecule has 0 aromatic carbocycles. The first-order valence-corrected chi connectivity index (χ1v) is 46.9. The van der Waals surface area contributed by atoms with Crippen molar-refractivity contribution in [3.63, 3.8) is 0 Å². The summed E-state index contributed by atoms with van der Waals surface area (Å²) < 4.78 is 153. The summed E-state index contributed by atoms with van der Waals surface area (Å²) in [5, 5.41) is 332. The van der Waals surface area contributed by atoms with Gasteiger partial charge in [-0.25, -0.2) is 22.8 Å². The van der Waals surface area contributed by atoms with Crippen LogP contribution in [0, 0.1) is 0 Å². The van der Waals surface area contributed by atoms with Gasteiger partial charge in [-0.15, -0.1) is 0 Å². The van der Waals surface area contributed by atoms with Crippen molar-refractivity contribution in [2.24, 2.45) is 0 Å². The Labute approximate surface area is 795 Å². The van der Waals surface area contributed by atoms with Gasteiger partial charge in [0.05, 0.1) is 119 Å². The maximum atomic E-state index is 12.5. The van der Waals surface area contributed by atoms with E-state index in [9.17, 15) is 160 Å². The molecule has 44 N–H and O–H groups in total.